The number of hydrogen-bond acceptors (Lipinski definition) is 7. The van der Waals surface area contributed by atoms with E-state index < -0.39 is 46.1 Å². The van der Waals surface area contributed by atoms with Crippen LogP contribution in [-0.4, -0.2) is 43.1 Å². The molecule has 2 aromatic carbocycles. The lowest BCUT2D eigenvalue weighted by molar-refractivity contribution is -0.143. The summed E-state index contributed by atoms with van der Waals surface area (Å²) in [6.45, 7) is 1.10. The van der Waals surface area contributed by atoms with Gasteiger partial charge in [-0.3, -0.25) is 13.8 Å². The maximum absolute atomic E-state index is 14.2. The van der Waals surface area contributed by atoms with E-state index in [0.29, 0.717) is 28.3 Å². The molecule has 8 nitrogen and oxygen atoms in total. The lowest BCUT2D eigenvalue weighted by Gasteiger charge is -2.20. The van der Waals surface area contributed by atoms with E-state index >= 15 is 0 Å². The van der Waals surface area contributed by atoms with Gasteiger partial charge in [-0.15, -0.1) is 0 Å². The molecule has 0 saturated heterocycles. The van der Waals surface area contributed by atoms with Crippen LogP contribution in [0.1, 0.15) is 34.9 Å². The normalized spacial score (nSPS) is 13.3. The summed E-state index contributed by atoms with van der Waals surface area (Å²) >= 11 is 5.99. The van der Waals surface area contributed by atoms with Crippen LogP contribution >= 0.6 is 11.6 Å². The molecular formula is C25H25ClFNO7S. The van der Waals surface area contributed by atoms with Gasteiger partial charge in [0.05, 0.1) is 25.0 Å². The quantitative estimate of drug-likeness (QED) is 0.254. The van der Waals surface area contributed by atoms with E-state index in [2.05, 4.69) is 4.98 Å². The van der Waals surface area contributed by atoms with Gasteiger partial charge < -0.3 is 9.52 Å². The standard InChI is InChI=1S/C25H25ClFNO7S/c1-15-13-28-24(35-15)23(29)11-17(10-19(25(30)31)14-34-36(2,32)33)9-16-3-5-18(6-4-16)21-12-20(26)7-8-22(21)27/h3-8,12-13,17,19H,9-11,14H2,1-2H3,(H,30,31)/t17-,19+/m1/s1. The number of halogens is 2. The van der Waals surface area contributed by atoms with Crippen molar-refractivity contribution in [2.45, 2.75) is 26.2 Å². The zero-order chi connectivity index (χ0) is 26.5. The molecule has 1 heterocycles. The topological polar surface area (TPSA) is 124 Å². The highest BCUT2D eigenvalue weighted by Gasteiger charge is 2.28. The average molecular weight is 538 g/mol. The molecule has 0 fully saturated rings. The van der Waals surface area contributed by atoms with Crippen LogP contribution in [0.2, 0.25) is 5.02 Å². The number of oxazole rings is 1. The third kappa shape index (κ3) is 7.97. The van der Waals surface area contributed by atoms with Crippen LogP contribution in [-0.2, 0) is 25.5 Å². The van der Waals surface area contributed by atoms with E-state index in [4.69, 9.17) is 20.2 Å². The highest BCUT2D eigenvalue weighted by molar-refractivity contribution is 7.85. The Morgan fingerprint density at radius 1 is 1.19 bits per heavy atom. The highest BCUT2D eigenvalue weighted by atomic mass is 35.5. The van der Waals surface area contributed by atoms with E-state index in [1.807, 2.05) is 0 Å². The van der Waals surface area contributed by atoms with Crippen LogP contribution in [0.15, 0.2) is 53.1 Å². The monoisotopic (exact) mass is 537 g/mol. The molecule has 1 aromatic heterocycles. The predicted octanol–water partition coefficient (Wildman–Crippen LogP) is 4.94. The molecule has 192 valence electrons. The van der Waals surface area contributed by atoms with Crippen molar-refractivity contribution in [1.82, 2.24) is 4.98 Å². The molecule has 36 heavy (non-hydrogen) atoms. The fourth-order valence-electron chi connectivity index (χ4n) is 3.79. The molecule has 0 bridgehead atoms. The van der Waals surface area contributed by atoms with Crippen molar-refractivity contribution in [1.29, 1.82) is 0 Å². The maximum Gasteiger partial charge on any atom is 0.308 e. The number of aryl methyl sites for hydroxylation is 1. The number of carbonyl (C=O) groups is 2. The number of Topliss-reactive ketones (excluding diaryl/α,β-unsaturated/α-hetero) is 1. The molecular weight excluding hydrogens is 513 g/mol. The highest BCUT2D eigenvalue weighted by Crippen LogP contribution is 2.28. The van der Waals surface area contributed by atoms with Crippen molar-refractivity contribution in [3.63, 3.8) is 0 Å². The van der Waals surface area contributed by atoms with Gasteiger partial charge in [-0.25, -0.2) is 9.37 Å². The van der Waals surface area contributed by atoms with Crippen LogP contribution in [0.5, 0.6) is 0 Å². The van der Waals surface area contributed by atoms with Crippen molar-refractivity contribution in [2.24, 2.45) is 11.8 Å². The third-order valence-corrected chi connectivity index (χ3v) is 6.30. The molecule has 0 saturated carbocycles. The first-order chi connectivity index (χ1) is 16.9. The van der Waals surface area contributed by atoms with Gasteiger partial charge >= 0.3 is 5.97 Å². The molecule has 3 aromatic rings. The average Bonchev–Trinajstić information content (AvgIpc) is 3.24. The van der Waals surface area contributed by atoms with E-state index in [1.165, 1.54) is 24.4 Å². The summed E-state index contributed by atoms with van der Waals surface area (Å²) in [5.74, 6) is -3.35. The molecule has 0 aliphatic rings. The SMILES string of the molecule is Cc1cnc(C(=O)C[C@H](Cc2ccc(-c3cc(Cl)ccc3F)cc2)C[C@@H](COS(C)(=O)=O)C(=O)O)o1. The van der Waals surface area contributed by atoms with Gasteiger partial charge in [-0.2, -0.15) is 8.42 Å². The molecule has 0 aliphatic carbocycles. The number of carboxylic acid groups (broad SMARTS) is 1. The Hall–Kier alpha value is -3.08. The number of rotatable bonds is 12. The molecule has 0 aliphatic heterocycles. The second-order valence-corrected chi connectivity index (χ2v) is 10.6. The van der Waals surface area contributed by atoms with E-state index in [-0.39, 0.29) is 18.7 Å². The maximum atomic E-state index is 14.2. The summed E-state index contributed by atoms with van der Waals surface area (Å²) < 4.78 is 47.0. The van der Waals surface area contributed by atoms with Crippen LogP contribution in [0.25, 0.3) is 11.1 Å². The van der Waals surface area contributed by atoms with Crippen molar-refractivity contribution < 1.29 is 36.1 Å². The number of carboxylic acids is 1. The first-order valence-electron chi connectivity index (χ1n) is 11.0. The van der Waals surface area contributed by atoms with Crippen molar-refractivity contribution in [2.75, 3.05) is 12.9 Å². The van der Waals surface area contributed by atoms with E-state index in [0.717, 1.165) is 11.8 Å². The number of ketones is 1. The number of carbonyl (C=O) groups excluding carboxylic acids is 1. The molecule has 2 atom stereocenters. The minimum absolute atomic E-state index is 0.0268. The van der Waals surface area contributed by atoms with Gasteiger partial charge in [0.15, 0.2) is 0 Å². The summed E-state index contributed by atoms with van der Waals surface area (Å²) in [4.78, 5) is 28.5. The second-order valence-electron chi connectivity index (χ2n) is 8.55. The van der Waals surface area contributed by atoms with Crippen molar-refractivity contribution >= 4 is 33.5 Å². The zero-order valence-electron chi connectivity index (χ0n) is 19.6. The Morgan fingerprint density at radius 3 is 2.47 bits per heavy atom. The molecule has 3 rings (SSSR count). The van der Waals surface area contributed by atoms with Gasteiger partial charge in [0.2, 0.25) is 5.78 Å². The minimum Gasteiger partial charge on any atom is -0.481 e. The molecule has 1 N–H and O–H groups in total. The smallest absolute Gasteiger partial charge is 0.308 e. The number of hydrogen-bond donors (Lipinski definition) is 1. The van der Waals surface area contributed by atoms with Crippen molar-refractivity contribution in [3.05, 3.63) is 76.7 Å². The molecule has 0 spiro atoms. The number of benzene rings is 2. The Balaban J connectivity index is 1.82. The molecule has 0 amide bonds. The molecule has 0 unspecified atom stereocenters. The fourth-order valence-corrected chi connectivity index (χ4v) is 4.38. The number of aliphatic carboxylic acids is 1. The van der Waals surface area contributed by atoms with Gasteiger partial charge in [0.1, 0.15) is 11.6 Å². The number of aromatic nitrogens is 1. The number of nitrogens with zero attached hydrogens (tertiary/aromatic N) is 1. The second kappa shape index (κ2) is 11.8. The largest absolute Gasteiger partial charge is 0.481 e. The van der Waals surface area contributed by atoms with Gasteiger partial charge in [0, 0.05) is 17.0 Å². The lowest BCUT2D eigenvalue weighted by Crippen LogP contribution is -2.26. The van der Waals surface area contributed by atoms with E-state index in [1.54, 1.807) is 31.2 Å². The Morgan fingerprint density at radius 2 is 1.89 bits per heavy atom. The first-order valence-corrected chi connectivity index (χ1v) is 13.2. The third-order valence-electron chi connectivity index (χ3n) is 5.50. The predicted molar refractivity (Wildman–Crippen MR) is 131 cm³/mol. The molecule has 0 radical (unpaired) electrons. The summed E-state index contributed by atoms with van der Waals surface area (Å²) in [6, 6.07) is 11.2. The first kappa shape index (κ1) is 27.5. The van der Waals surface area contributed by atoms with Crippen molar-refractivity contribution in [3.8, 4) is 11.1 Å². The zero-order valence-corrected chi connectivity index (χ0v) is 21.2. The van der Waals surface area contributed by atoms with Crippen LogP contribution in [0.3, 0.4) is 0 Å². The van der Waals surface area contributed by atoms with Crippen LogP contribution in [0, 0.1) is 24.6 Å². The Bertz CT molecular complexity index is 1340. The Labute approximate surface area is 213 Å². The summed E-state index contributed by atoms with van der Waals surface area (Å²) in [6.07, 6.45) is 2.44. The minimum atomic E-state index is -3.84. The summed E-state index contributed by atoms with van der Waals surface area (Å²) in [5.41, 5.74) is 1.71. The lowest BCUT2D eigenvalue weighted by atomic mass is 9.85. The molecule has 11 heteroatoms. The van der Waals surface area contributed by atoms with Gasteiger partial charge in [-0.05, 0) is 55.0 Å². The Kier molecular flexibility index (Phi) is 8.99. The summed E-state index contributed by atoms with van der Waals surface area (Å²) in [7, 11) is -3.84. The van der Waals surface area contributed by atoms with Gasteiger partial charge in [0.25, 0.3) is 16.0 Å². The summed E-state index contributed by atoms with van der Waals surface area (Å²) in [5, 5.41) is 10.0. The van der Waals surface area contributed by atoms with Crippen LogP contribution < -0.4 is 0 Å². The fraction of sp³-hybridized carbons (Fsp3) is 0.320. The van der Waals surface area contributed by atoms with Gasteiger partial charge in [-0.1, -0.05) is 35.9 Å². The van der Waals surface area contributed by atoms with Crippen LogP contribution in [0.4, 0.5) is 4.39 Å². The van der Waals surface area contributed by atoms with E-state index in [9.17, 15) is 27.5 Å².